The summed E-state index contributed by atoms with van der Waals surface area (Å²) in [5.74, 6) is -0.868. The van der Waals surface area contributed by atoms with Gasteiger partial charge >= 0.3 is 5.97 Å². The average Bonchev–Trinajstić information content (AvgIpc) is 2.68. The Hall–Kier alpha value is -2.58. The minimum Gasteiger partial charge on any atom is -0.462 e. The molecule has 0 atom stereocenters. The molecule has 1 N–H and O–H groups in total. The third-order valence-electron chi connectivity index (χ3n) is 4.76. The Balaban J connectivity index is 2.04. The van der Waals surface area contributed by atoms with E-state index in [9.17, 15) is 18.0 Å². The minimum absolute atomic E-state index is 0.105. The number of benzene rings is 2. The number of carbonyl (C=O) groups excluding carboxylic acids is 2. The number of nitrogens with zero attached hydrogens (tertiary/aromatic N) is 1. The zero-order chi connectivity index (χ0) is 23.2. The normalized spacial score (nSPS) is 11.1. The van der Waals surface area contributed by atoms with Crippen LogP contribution in [0.15, 0.2) is 36.4 Å². The molecular formula is C22H27ClN2O5S. The van der Waals surface area contributed by atoms with Gasteiger partial charge in [-0.25, -0.2) is 13.2 Å². The molecule has 0 aromatic heterocycles. The number of aryl methyl sites for hydroxylation is 1. The summed E-state index contributed by atoms with van der Waals surface area (Å²) >= 11 is 6.03. The number of esters is 1. The molecule has 2 aromatic rings. The van der Waals surface area contributed by atoms with Gasteiger partial charge in [0.25, 0.3) is 0 Å². The van der Waals surface area contributed by atoms with Crippen molar-refractivity contribution in [2.75, 3.05) is 29.0 Å². The second kappa shape index (κ2) is 10.6. The highest BCUT2D eigenvalue weighted by Gasteiger charge is 2.20. The van der Waals surface area contributed by atoms with Crippen LogP contribution in [0.2, 0.25) is 5.02 Å². The van der Waals surface area contributed by atoms with E-state index in [4.69, 9.17) is 16.3 Å². The molecular weight excluding hydrogens is 440 g/mol. The summed E-state index contributed by atoms with van der Waals surface area (Å²) in [5.41, 5.74) is 3.06. The highest BCUT2D eigenvalue weighted by Crippen LogP contribution is 2.26. The first-order valence-corrected chi connectivity index (χ1v) is 12.1. The topological polar surface area (TPSA) is 92.8 Å². The molecule has 7 nitrogen and oxygen atoms in total. The lowest BCUT2D eigenvalue weighted by Gasteiger charge is -2.24. The number of amides is 1. The summed E-state index contributed by atoms with van der Waals surface area (Å²) in [6, 6.07) is 10.0. The van der Waals surface area contributed by atoms with Crippen LogP contribution in [0.5, 0.6) is 0 Å². The second-order valence-electron chi connectivity index (χ2n) is 7.12. The molecule has 2 rings (SSSR count). The number of halogens is 1. The highest BCUT2D eigenvalue weighted by molar-refractivity contribution is 7.92. The van der Waals surface area contributed by atoms with Crippen LogP contribution in [-0.4, -0.2) is 39.7 Å². The lowest BCUT2D eigenvalue weighted by atomic mass is 10.1. The average molecular weight is 467 g/mol. The first kappa shape index (κ1) is 24.7. The van der Waals surface area contributed by atoms with Crippen molar-refractivity contribution in [1.29, 1.82) is 0 Å². The molecule has 0 aliphatic rings. The summed E-state index contributed by atoms with van der Waals surface area (Å²) in [6.07, 6.45) is 1.58. The maximum absolute atomic E-state index is 12.4. The number of sulfonamides is 1. The summed E-state index contributed by atoms with van der Waals surface area (Å²) in [7, 11) is -3.50. The van der Waals surface area contributed by atoms with Crippen LogP contribution in [0.1, 0.15) is 41.3 Å². The van der Waals surface area contributed by atoms with Gasteiger partial charge in [0.05, 0.1) is 29.1 Å². The molecule has 1 amide bonds. The number of hydrogen-bond acceptors (Lipinski definition) is 5. The van der Waals surface area contributed by atoms with E-state index in [0.717, 1.165) is 17.4 Å². The van der Waals surface area contributed by atoms with Crippen LogP contribution in [-0.2, 0) is 19.6 Å². The number of anilines is 2. The Morgan fingerprint density at radius 3 is 2.52 bits per heavy atom. The number of nitrogens with one attached hydrogen (secondary N) is 1. The van der Waals surface area contributed by atoms with Gasteiger partial charge in [-0.1, -0.05) is 23.7 Å². The third kappa shape index (κ3) is 6.70. The van der Waals surface area contributed by atoms with Crippen molar-refractivity contribution in [2.45, 2.75) is 33.6 Å². The van der Waals surface area contributed by atoms with Gasteiger partial charge in [-0.15, -0.1) is 0 Å². The zero-order valence-electron chi connectivity index (χ0n) is 18.1. The van der Waals surface area contributed by atoms with Gasteiger partial charge in [0.1, 0.15) is 0 Å². The second-order valence-corrected chi connectivity index (χ2v) is 9.44. The van der Waals surface area contributed by atoms with Crippen molar-refractivity contribution in [2.24, 2.45) is 0 Å². The van der Waals surface area contributed by atoms with Crippen LogP contribution in [0.4, 0.5) is 11.4 Å². The van der Waals surface area contributed by atoms with Crippen molar-refractivity contribution < 1.29 is 22.7 Å². The van der Waals surface area contributed by atoms with Crippen molar-refractivity contribution in [1.82, 2.24) is 0 Å². The number of ether oxygens (including phenoxy) is 1. The van der Waals surface area contributed by atoms with Crippen LogP contribution < -0.4 is 9.62 Å². The summed E-state index contributed by atoms with van der Waals surface area (Å²) in [4.78, 5) is 24.3. The molecule has 0 spiro atoms. The Labute approximate surface area is 188 Å². The SMILES string of the molecule is CCOC(=O)c1cc(NC(=O)CCCN(c2cccc(C)c2C)S(C)(=O)=O)ccc1Cl. The summed E-state index contributed by atoms with van der Waals surface area (Å²) in [6.45, 7) is 5.87. The fraction of sp³-hybridized carbons (Fsp3) is 0.364. The molecule has 0 heterocycles. The summed E-state index contributed by atoms with van der Waals surface area (Å²) in [5, 5.41) is 2.94. The van der Waals surface area contributed by atoms with Gasteiger partial charge in [0, 0.05) is 18.7 Å². The monoisotopic (exact) mass is 466 g/mol. The number of carbonyl (C=O) groups is 2. The van der Waals surface area contributed by atoms with Crippen molar-refractivity contribution in [3.05, 3.63) is 58.1 Å². The number of hydrogen-bond donors (Lipinski definition) is 1. The zero-order valence-corrected chi connectivity index (χ0v) is 19.6. The van der Waals surface area contributed by atoms with E-state index in [2.05, 4.69) is 5.32 Å². The molecule has 0 aliphatic heterocycles. The Bertz CT molecular complexity index is 1070. The van der Waals surface area contributed by atoms with E-state index in [1.54, 1.807) is 19.1 Å². The molecule has 0 saturated carbocycles. The van der Waals surface area contributed by atoms with Crippen LogP contribution in [0.25, 0.3) is 0 Å². The lowest BCUT2D eigenvalue weighted by Crippen LogP contribution is -2.32. The molecule has 31 heavy (non-hydrogen) atoms. The van der Waals surface area contributed by atoms with Crippen LogP contribution in [0, 0.1) is 13.8 Å². The fourth-order valence-corrected chi connectivity index (χ4v) is 4.26. The molecule has 0 aliphatic carbocycles. The van der Waals surface area contributed by atoms with E-state index in [1.807, 2.05) is 26.0 Å². The van der Waals surface area contributed by atoms with Gasteiger partial charge in [-0.05, 0) is 62.6 Å². The molecule has 9 heteroatoms. The molecule has 0 saturated heterocycles. The van der Waals surface area contributed by atoms with Crippen molar-refractivity contribution >= 4 is 44.9 Å². The largest absolute Gasteiger partial charge is 0.462 e. The molecule has 168 valence electrons. The van der Waals surface area contributed by atoms with Crippen molar-refractivity contribution in [3.63, 3.8) is 0 Å². The minimum atomic E-state index is -3.50. The maximum atomic E-state index is 12.4. The summed E-state index contributed by atoms with van der Waals surface area (Å²) < 4.78 is 30.9. The van der Waals surface area contributed by atoms with E-state index in [0.29, 0.717) is 17.8 Å². The van der Waals surface area contributed by atoms with E-state index >= 15 is 0 Å². The quantitative estimate of drug-likeness (QED) is 0.555. The van der Waals surface area contributed by atoms with Gasteiger partial charge < -0.3 is 10.1 Å². The van der Waals surface area contributed by atoms with E-state index in [-0.39, 0.29) is 36.1 Å². The van der Waals surface area contributed by atoms with E-state index in [1.165, 1.54) is 16.4 Å². The molecule has 0 unspecified atom stereocenters. The highest BCUT2D eigenvalue weighted by atomic mass is 35.5. The predicted molar refractivity (Wildman–Crippen MR) is 123 cm³/mol. The number of rotatable bonds is 9. The first-order chi connectivity index (χ1) is 14.5. The van der Waals surface area contributed by atoms with E-state index < -0.39 is 16.0 Å². The Morgan fingerprint density at radius 2 is 1.87 bits per heavy atom. The Morgan fingerprint density at radius 1 is 1.16 bits per heavy atom. The third-order valence-corrected chi connectivity index (χ3v) is 6.27. The molecule has 0 bridgehead atoms. The lowest BCUT2D eigenvalue weighted by molar-refractivity contribution is -0.116. The standard InChI is InChI=1S/C22H27ClN2O5S/c1-5-30-22(27)18-14-17(11-12-19(18)23)24-21(26)10-7-13-25(31(4,28)29)20-9-6-8-15(2)16(20)3/h6,8-9,11-12,14H,5,7,10,13H2,1-4H3,(H,24,26). The van der Waals surface area contributed by atoms with Gasteiger partial charge in [0.15, 0.2) is 0 Å². The molecule has 2 aromatic carbocycles. The van der Waals surface area contributed by atoms with Crippen LogP contribution >= 0.6 is 11.6 Å². The molecule has 0 radical (unpaired) electrons. The van der Waals surface area contributed by atoms with Crippen LogP contribution in [0.3, 0.4) is 0 Å². The Kier molecular flexibility index (Phi) is 8.47. The maximum Gasteiger partial charge on any atom is 0.339 e. The smallest absolute Gasteiger partial charge is 0.339 e. The van der Waals surface area contributed by atoms with Gasteiger partial charge in [-0.2, -0.15) is 0 Å². The predicted octanol–water partition coefficient (Wildman–Crippen LogP) is 4.32. The van der Waals surface area contributed by atoms with Gasteiger partial charge in [0.2, 0.25) is 15.9 Å². The molecule has 0 fully saturated rings. The fourth-order valence-electron chi connectivity index (χ4n) is 3.05. The first-order valence-electron chi connectivity index (χ1n) is 9.85. The van der Waals surface area contributed by atoms with Gasteiger partial charge in [-0.3, -0.25) is 9.10 Å². The van der Waals surface area contributed by atoms with Crippen molar-refractivity contribution in [3.8, 4) is 0 Å².